The van der Waals surface area contributed by atoms with Gasteiger partial charge in [-0.25, -0.2) is 8.42 Å². The molecule has 0 aliphatic carbocycles. The Morgan fingerprint density at radius 3 is 2.27 bits per heavy atom. The third-order valence-electron chi connectivity index (χ3n) is 4.82. The van der Waals surface area contributed by atoms with Gasteiger partial charge in [0.05, 0.1) is 25.2 Å². The van der Waals surface area contributed by atoms with Gasteiger partial charge in [0, 0.05) is 31.2 Å². The zero-order valence-corrected chi connectivity index (χ0v) is 18.5. The summed E-state index contributed by atoms with van der Waals surface area (Å²) in [6.45, 7) is 4.31. The minimum Gasteiger partial charge on any atom is -0.379 e. The summed E-state index contributed by atoms with van der Waals surface area (Å²) < 4.78 is 30.7. The first-order chi connectivity index (χ1) is 14.3. The van der Waals surface area contributed by atoms with Gasteiger partial charge in [-0.3, -0.25) is 14.0 Å². The van der Waals surface area contributed by atoms with Crippen LogP contribution in [0.25, 0.3) is 0 Å². The molecule has 1 saturated heterocycles. The zero-order chi connectivity index (χ0) is 21.6. The molecule has 1 fully saturated rings. The molecule has 1 N–H and O–H groups in total. The number of ether oxygens (including phenoxy) is 1. The van der Waals surface area contributed by atoms with E-state index < -0.39 is 10.0 Å². The van der Waals surface area contributed by atoms with Crippen LogP contribution >= 0.6 is 11.6 Å². The highest BCUT2D eigenvalue weighted by molar-refractivity contribution is 7.92. The van der Waals surface area contributed by atoms with Crippen LogP contribution in [0.1, 0.15) is 11.1 Å². The van der Waals surface area contributed by atoms with Crippen molar-refractivity contribution in [3.63, 3.8) is 0 Å². The van der Waals surface area contributed by atoms with Gasteiger partial charge in [0.15, 0.2) is 0 Å². The molecule has 0 saturated carbocycles. The second-order valence-corrected chi connectivity index (χ2v) is 9.57. The number of rotatable bonds is 8. The van der Waals surface area contributed by atoms with Crippen molar-refractivity contribution in [3.8, 4) is 0 Å². The van der Waals surface area contributed by atoms with E-state index in [0.717, 1.165) is 49.0 Å². The van der Waals surface area contributed by atoms with Gasteiger partial charge in [0.2, 0.25) is 15.9 Å². The Hall–Kier alpha value is -2.13. The minimum absolute atomic E-state index is 0.296. The number of hydrogen-bond donors (Lipinski definition) is 1. The molecule has 1 heterocycles. The van der Waals surface area contributed by atoms with Crippen LogP contribution < -0.4 is 9.62 Å². The topological polar surface area (TPSA) is 79.0 Å². The molecule has 0 atom stereocenters. The van der Waals surface area contributed by atoms with E-state index in [-0.39, 0.29) is 12.5 Å². The highest BCUT2D eigenvalue weighted by Gasteiger charge is 2.20. The zero-order valence-electron chi connectivity index (χ0n) is 16.9. The average Bonchev–Trinajstić information content (AvgIpc) is 2.72. The van der Waals surface area contributed by atoms with E-state index in [0.29, 0.717) is 17.3 Å². The molecule has 30 heavy (non-hydrogen) atoms. The van der Waals surface area contributed by atoms with Crippen molar-refractivity contribution in [2.45, 2.75) is 13.1 Å². The van der Waals surface area contributed by atoms with Gasteiger partial charge in [-0.05, 0) is 35.4 Å². The predicted octanol–water partition coefficient (Wildman–Crippen LogP) is 2.25. The quantitative estimate of drug-likeness (QED) is 0.666. The van der Waals surface area contributed by atoms with Crippen molar-refractivity contribution in [3.05, 3.63) is 64.7 Å². The van der Waals surface area contributed by atoms with Crippen molar-refractivity contribution in [2.75, 3.05) is 43.4 Å². The number of benzene rings is 2. The number of carbonyl (C=O) groups is 1. The van der Waals surface area contributed by atoms with Crippen LogP contribution in [0.5, 0.6) is 0 Å². The summed E-state index contributed by atoms with van der Waals surface area (Å²) >= 11 is 5.86. The number of hydrogen-bond acceptors (Lipinski definition) is 5. The Balaban J connectivity index is 1.54. The third kappa shape index (κ3) is 6.70. The Morgan fingerprint density at radius 2 is 1.67 bits per heavy atom. The number of sulfonamides is 1. The Bertz CT molecular complexity index is 943. The lowest BCUT2D eigenvalue weighted by atomic mass is 10.1. The summed E-state index contributed by atoms with van der Waals surface area (Å²) in [4.78, 5) is 14.7. The number of amides is 1. The van der Waals surface area contributed by atoms with Crippen LogP contribution in [0.3, 0.4) is 0 Å². The van der Waals surface area contributed by atoms with E-state index >= 15 is 0 Å². The highest BCUT2D eigenvalue weighted by atomic mass is 35.5. The van der Waals surface area contributed by atoms with Crippen molar-refractivity contribution in [1.29, 1.82) is 0 Å². The predicted molar refractivity (Wildman–Crippen MR) is 118 cm³/mol. The Labute approximate surface area is 182 Å². The fourth-order valence-electron chi connectivity index (χ4n) is 3.17. The number of halogens is 1. The maximum Gasteiger partial charge on any atom is 0.241 e. The third-order valence-corrected chi connectivity index (χ3v) is 6.22. The maximum atomic E-state index is 12.4. The molecular weight excluding hydrogens is 426 g/mol. The second kappa shape index (κ2) is 10.3. The van der Waals surface area contributed by atoms with Crippen LogP contribution in [0.15, 0.2) is 48.5 Å². The number of nitrogens with one attached hydrogen (secondary N) is 1. The molecule has 3 rings (SSSR count). The molecule has 2 aromatic carbocycles. The first kappa shape index (κ1) is 22.6. The minimum atomic E-state index is -3.61. The van der Waals surface area contributed by atoms with Crippen LogP contribution in [-0.4, -0.2) is 58.3 Å². The smallest absolute Gasteiger partial charge is 0.241 e. The first-order valence-corrected chi connectivity index (χ1v) is 11.9. The number of nitrogens with zero attached hydrogens (tertiary/aromatic N) is 2. The summed E-state index contributed by atoms with van der Waals surface area (Å²) in [5.74, 6) is -0.382. The molecule has 1 aliphatic heterocycles. The molecule has 0 bridgehead atoms. The van der Waals surface area contributed by atoms with E-state index in [1.807, 2.05) is 24.3 Å². The van der Waals surface area contributed by atoms with E-state index in [2.05, 4.69) is 10.2 Å². The second-order valence-electron chi connectivity index (χ2n) is 7.23. The van der Waals surface area contributed by atoms with E-state index in [4.69, 9.17) is 16.3 Å². The van der Waals surface area contributed by atoms with Gasteiger partial charge >= 0.3 is 0 Å². The Morgan fingerprint density at radius 1 is 1.07 bits per heavy atom. The number of anilines is 1. The SMILES string of the molecule is CS(=O)(=O)N(CC(=O)NCc1ccc(CN2CCOCC2)cc1)c1ccc(Cl)cc1. The number of morpholine rings is 1. The molecule has 9 heteroatoms. The van der Waals surface area contributed by atoms with Gasteiger partial charge in [-0.2, -0.15) is 0 Å². The van der Waals surface area contributed by atoms with E-state index in [1.54, 1.807) is 24.3 Å². The molecule has 2 aromatic rings. The number of carbonyl (C=O) groups excluding carboxylic acids is 1. The lowest BCUT2D eigenvalue weighted by Gasteiger charge is -2.26. The summed E-state index contributed by atoms with van der Waals surface area (Å²) in [5.41, 5.74) is 2.55. The fourth-order valence-corrected chi connectivity index (χ4v) is 4.16. The molecule has 7 nitrogen and oxygen atoms in total. The van der Waals surface area contributed by atoms with E-state index in [9.17, 15) is 13.2 Å². The largest absolute Gasteiger partial charge is 0.379 e. The van der Waals surface area contributed by atoms with Crippen molar-refractivity contribution in [1.82, 2.24) is 10.2 Å². The van der Waals surface area contributed by atoms with Crippen molar-refractivity contribution in [2.24, 2.45) is 0 Å². The van der Waals surface area contributed by atoms with Gasteiger partial charge in [-0.15, -0.1) is 0 Å². The fraction of sp³-hybridized carbons (Fsp3) is 0.381. The van der Waals surface area contributed by atoms with Gasteiger partial charge < -0.3 is 10.1 Å². The van der Waals surface area contributed by atoms with Crippen LogP contribution in [0.4, 0.5) is 5.69 Å². The molecule has 0 aromatic heterocycles. The summed E-state index contributed by atoms with van der Waals surface area (Å²) in [6.07, 6.45) is 1.07. The molecule has 0 radical (unpaired) electrons. The lowest BCUT2D eigenvalue weighted by molar-refractivity contribution is -0.119. The maximum absolute atomic E-state index is 12.4. The standard InChI is InChI=1S/C21H26ClN3O4S/c1-30(27,28)25(20-8-6-19(22)7-9-20)16-21(26)23-14-17-2-4-18(5-3-17)15-24-10-12-29-13-11-24/h2-9H,10-16H2,1H3,(H,23,26). The summed E-state index contributed by atoms with van der Waals surface area (Å²) in [6, 6.07) is 14.4. The van der Waals surface area contributed by atoms with Crippen molar-refractivity contribution >= 4 is 33.2 Å². The molecule has 162 valence electrons. The van der Waals surface area contributed by atoms with Crippen LogP contribution in [0, 0.1) is 0 Å². The molecular formula is C21H26ClN3O4S. The van der Waals surface area contributed by atoms with Gasteiger partial charge in [-0.1, -0.05) is 35.9 Å². The summed E-state index contributed by atoms with van der Waals surface area (Å²) in [7, 11) is -3.61. The van der Waals surface area contributed by atoms with Gasteiger partial charge in [0.1, 0.15) is 6.54 Å². The van der Waals surface area contributed by atoms with Crippen LogP contribution in [-0.2, 0) is 32.6 Å². The molecule has 0 unspecified atom stereocenters. The van der Waals surface area contributed by atoms with Gasteiger partial charge in [0.25, 0.3) is 0 Å². The molecule has 0 spiro atoms. The molecule has 1 aliphatic rings. The van der Waals surface area contributed by atoms with E-state index in [1.165, 1.54) is 5.56 Å². The highest BCUT2D eigenvalue weighted by Crippen LogP contribution is 2.20. The first-order valence-electron chi connectivity index (χ1n) is 9.69. The van der Waals surface area contributed by atoms with Crippen molar-refractivity contribution < 1.29 is 17.9 Å². The Kier molecular flexibility index (Phi) is 7.71. The lowest BCUT2D eigenvalue weighted by Crippen LogP contribution is -2.40. The van der Waals surface area contributed by atoms with Crippen LogP contribution in [0.2, 0.25) is 5.02 Å². The molecule has 1 amide bonds. The normalized spacial score (nSPS) is 15.0. The average molecular weight is 452 g/mol. The summed E-state index contributed by atoms with van der Waals surface area (Å²) in [5, 5.41) is 3.28. The monoisotopic (exact) mass is 451 g/mol.